The number of halogens is 1. The molecule has 7 nitrogen and oxygen atoms in total. The van der Waals surface area contributed by atoms with Gasteiger partial charge in [0.05, 0.1) is 17.8 Å². The Morgan fingerprint density at radius 3 is 2.52 bits per heavy atom. The average Bonchev–Trinajstić information content (AvgIpc) is 3.22. The van der Waals surface area contributed by atoms with Gasteiger partial charge < -0.3 is 13.9 Å². The summed E-state index contributed by atoms with van der Waals surface area (Å²) in [4.78, 5) is 11.9. The molecule has 0 saturated carbocycles. The quantitative estimate of drug-likeness (QED) is 0.412. The standard InChI is InChI=1S/C23H20ClN3O4/c1-15-9-21(10-16(2)23(15)24)30-14-22(28)27-26-12-19-7-8-20(31-19)13-29-18-5-3-17(11-25)4-6-18/h3-10,12H,13-14H2,1-2H3,(H,27,28)/b26-12+. The highest BCUT2D eigenvalue weighted by molar-refractivity contribution is 6.32. The maximum absolute atomic E-state index is 11.9. The zero-order chi connectivity index (χ0) is 22.2. The van der Waals surface area contributed by atoms with Gasteiger partial charge >= 0.3 is 0 Å². The Balaban J connectivity index is 1.44. The van der Waals surface area contributed by atoms with E-state index in [1.807, 2.05) is 13.8 Å². The molecular weight excluding hydrogens is 418 g/mol. The Morgan fingerprint density at radius 2 is 1.84 bits per heavy atom. The number of hydrogen-bond acceptors (Lipinski definition) is 6. The fraction of sp³-hybridized carbons (Fsp3) is 0.174. The molecule has 0 atom stereocenters. The number of hydrogen-bond donors (Lipinski definition) is 1. The third-order valence-electron chi connectivity index (χ3n) is 4.21. The first-order valence-corrected chi connectivity index (χ1v) is 9.75. The molecule has 1 amide bonds. The number of nitrogens with one attached hydrogen (secondary N) is 1. The van der Waals surface area contributed by atoms with Crippen LogP contribution < -0.4 is 14.9 Å². The third kappa shape index (κ3) is 6.36. The lowest BCUT2D eigenvalue weighted by molar-refractivity contribution is -0.123. The van der Waals surface area contributed by atoms with Crippen LogP contribution in [-0.2, 0) is 11.4 Å². The van der Waals surface area contributed by atoms with Gasteiger partial charge in [-0.15, -0.1) is 0 Å². The molecule has 0 aliphatic heterocycles. The molecule has 1 N–H and O–H groups in total. The van der Waals surface area contributed by atoms with Crippen molar-refractivity contribution in [2.45, 2.75) is 20.5 Å². The van der Waals surface area contributed by atoms with E-state index in [1.54, 1.807) is 48.5 Å². The van der Waals surface area contributed by atoms with Gasteiger partial charge in [0.15, 0.2) is 6.61 Å². The summed E-state index contributed by atoms with van der Waals surface area (Å²) in [6, 6.07) is 15.8. The molecule has 0 saturated heterocycles. The number of benzene rings is 2. The number of ether oxygens (including phenoxy) is 2. The van der Waals surface area contributed by atoms with E-state index >= 15 is 0 Å². The second-order valence-electron chi connectivity index (χ2n) is 6.68. The lowest BCUT2D eigenvalue weighted by atomic mass is 10.1. The summed E-state index contributed by atoms with van der Waals surface area (Å²) in [7, 11) is 0. The summed E-state index contributed by atoms with van der Waals surface area (Å²) in [5, 5.41) is 13.3. The van der Waals surface area contributed by atoms with E-state index in [1.165, 1.54) is 6.21 Å². The van der Waals surface area contributed by atoms with Crippen molar-refractivity contribution in [2.24, 2.45) is 5.10 Å². The number of rotatable bonds is 8. The summed E-state index contributed by atoms with van der Waals surface area (Å²) in [5.41, 5.74) is 4.71. The third-order valence-corrected chi connectivity index (χ3v) is 4.80. The maximum atomic E-state index is 11.9. The molecule has 1 aromatic heterocycles. The Kier molecular flexibility index (Phi) is 7.31. The number of furan rings is 1. The minimum Gasteiger partial charge on any atom is -0.486 e. The van der Waals surface area contributed by atoms with E-state index in [-0.39, 0.29) is 13.2 Å². The molecule has 0 spiro atoms. The van der Waals surface area contributed by atoms with Gasteiger partial charge in [0.1, 0.15) is 29.6 Å². The Labute approximate surface area is 184 Å². The Hall–Kier alpha value is -3.76. The monoisotopic (exact) mass is 437 g/mol. The summed E-state index contributed by atoms with van der Waals surface area (Å²) >= 11 is 6.12. The zero-order valence-electron chi connectivity index (χ0n) is 17.0. The maximum Gasteiger partial charge on any atom is 0.277 e. The molecule has 31 heavy (non-hydrogen) atoms. The molecule has 0 aliphatic carbocycles. The van der Waals surface area contributed by atoms with Crippen molar-refractivity contribution in [3.63, 3.8) is 0 Å². The van der Waals surface area contributed by atoms with Gasteiger partial charge in [-0.2, -0.15) is 10.4 Å². The van der Waals surface area contributed by atoms with Crippen molar-refractivity contribution in [1.29, 1.82) is 5.26 Å². The van der Waals surface area contributed by atoms with Crippen LogP contribution in [0.1, 0.15) is 28.2 Å². The minimum absolute atomic E-state index is 0.181. The van der Waals surface area contributed by atoms with Crippen molar-refractivity contribution in [3.05, 3.63) is 81.8 Å². The lowest BCUT2D eigenvalue weighted by Gasteiger charge is -2.09. The van der Waals surface area contributed by atoms with Crippen LogP contribution in [0.25, 0.3) is 0 Å². The van der Waals surface area contributed by atoms with Crippen LogP contribution in [0, 0.1) is 25.2 Å². The average molecular weight is 438 g/mol. The second-order valence-corrected chi connectivity index (χ2v) is 7.06. The largest absolute Gasteiger partial charge is 0.486 e. The van der Waals surface area contributed by atoms with Crippen LogP contribution in [0.3, 0.4) is 0 Å². The zero-order valence-corrected chi connectivity index (χ0v) is 17.8. The molecule has 0 bridgehead atoms. The van der Waals surface area contributed by atoms with Crippen LogP contribution in [0.5, 0.6) is 11.5 Å². The van der Waals surface area contributed by atoms with Gasteiger partial charge in [-0.25, -0.2) is 5.43 Å². The normalized spacial score (nSPS) is 10.6. The molecule has 3 aromatic rings. The molecule has 0 unspecified atom stereocenters. The highest BCUT2D eigenvalue weighted by Gasteiger charge is 2.07. The molecule has 0 fully saturated rings. The van der Waals surface area contributed by atoms with Crippen molar-refractivity contribution in [2.75, 3.05) is 6.61 Å². The smallest absolute Gasteiger partial charge is 0.277 e. The summed E-state index contributed by atoms with van der Waals surface area (Å²) in [6.07, 6.45) is 1.39. The molecule has 2 aromatic carbocycles. The SMILES string of the molecule is Cc1cc(OCC(=O)N/N=C/c2ccc(COc3ccc(C#N)cc3)o2)cc(C)c1Cl. The molecule has 0 aliphatic rings. The molecule has 1 heterocycles. The van der Waals surface area contributed by atoms with Crippen molar-refractivity contribution in [3.8, 4) is 17.6 Å². The fourth-order valence-corrected chi connectivity index (χ4v) is 2.77. The van der Waals surface area contributed by atoms with Gasteiger partial charge in [-0.1, -0.05) is 11.6 Å². The summed E-state index contributed by atoms with van der Waals surface area (Å²) in [6.45, 7) is 3.79. The van der Waals surface area contributed by atoms with E-state index in [2.05, 4.69) is 16.6 Å². The highest BCUT2D eigenvalue weighted by atomic mass is 35.5. The van der Waals surface area contributed by atoms with Crippen molar-refractivity contribution >= 4 is 23.7 Å². The molecule has 158 valence electrons. The van der Waals surface area contributed by atoms with E-state index < -0.39 is 5.91 Å². The van der Waals surface area contributed by atoms with E-state index in [9.17, 15) is 4.79 Å². The number of carbonyl (C=O) groups is 1. The van der Waals surface area contributed by atoms with E-state index in [0.29, 0.717) is 33.6 Å². The fourth-order valence-electron chi connectivity index (χ4n) is 2.66. The first-order valence-electron chi connectivity index (χ1n) is 9.37. The highest BCUT2D eigenvalue weighted by Crippen LogP contribution is 2.25. The van der Waals surface area contributed by atoms with Crippen LogP contribution in [-0.4, -0.2) is 18.7 Å². The Morgan fingerprint density at radius 1 is 1.13 bits per heavy atom. The van der Waals surface area contributed by atoms with Crippen molar-refractivity contribution < 1.29 is 18.7 Å². The van der Waals surface area contributed by atoms with Gasteiger partial charge in [-0.3, -0.25) is 4.79 Å². The second kappa shape index (κ2) is 10.3. The van der Waals surface area contributed by atoms with Crippen LogP contribution in [0.2, 0.25) is 5.02 Å². The number of amides is 1. The number of aryl methyl sites for hydroxylation is 2. The van der Waals surface area contributed by atoms with Crippen LogP contribution in [0.4, 0.5) is 0 Å². The molecule has 0 radical (unpaired) electrons. The predicted octanol–water partition coefficient (Wildman–Crippen LogP) is 4.53. The number of nitrogens with zero attached hydrogens (tertiary/aromatic N) is 2. The first-order chi connectivity index (χ1) is 14.9. The molecule has 8 heteroatoms. The van der Waals surface area contributed by atoms with Gasteiger partial charge in [0.2, 0.25) is 0 Å². The lowest BCUT2D eigenvalue weighted by Crippen LogP contribution is -2.24. The van der Waals surface area contributed by atoms with E-state index in [0.717, 1.165) is 11.1 Å². The van der Waals surface area contributed by atoms with Crippen LogP contribution in [0.15, 0.2) is 58.0 Å². The summed E-state index contributed by atoms with van der Waals surface area (Å²) < 4.78 is 16.7. The number of hydrazone groups is 1. The van der Waals surface area contributed by atoms with Gasteiger partial charge in [-0.05, 0) is 73.5 Å². The number of carbonyl (C=O) groups excluding carboxylic acids is 1. The van der Waals surface area contributed by atoms with Crippen LogP contribution >= 0.6 is 11.6 Å². The predicted molar refractivity (Wildman–Crippen MR) is 116 cm³/mol. The van der Waals surface area contributed by atoms with Gasteiger partial charge in [0.25, 0.3) is 5.91 Å². The summed E-state index contributed by atoms with van der Waals surface area (Å²) in [5.74, 6) is 1.84. The topological polar surface area (TPSA) is 96.9 Å². The van der Waals surface area contributed by atoms with Crippen molar-refractivity contribution in [1.82, 2.24) is 5.43 Å². The molecular formula is C23H20ClN3O4. The first kappa shape index (κ1) is 21.9. The minimum atomic E-state index is -0.405. The van der Waals surface area contributed by atoms with Gasteiger partial charge in [0, 0.05) is 5.02 Å². The molecule has 3 rings (SSSR count). The number of nitriles is 1. The van der Waals surface area contributed by atoms with E-state index in [4.69, 9.17) is 30.8 Å². The Bertz CT molecular complexity index is 1110.